The Hall–Kier alpha value is 0.899. The van der Waals surface area contributed by atoms with Crippen LogP contribution in [0.25, 0.3) is 5.32 Å². The fourth-order valence-electron chi connectivity index (χ4n) is 2.49. The first-order valence-electron chi connectivity index (χ1n) is 5.59. The van der Waals surface area contributed by atoms with Gasteiger partial charge in [0.25, 0.3) is 0 Å². The van der Waals surface area contributed by atoms with Crippen LogP contribution in [0.3, 0.4) is 0 Å². The van der Waals surface area contributed by atoms with Crippen LogP contribution in [0.1, 0.15) is 44.9 Å². The van der Waals surface area contributed by atoms with Crippen molar-refractivity contribution < 1.29 is 17.9 Å². The molecule has 14 heavy (non-hydrogen) atoms. The molecule has 0 radical (unpaired) electrons. The van der Waals surface area contributed by atoms with E-state index in [4.69, 9.17) is 5.32 Å². The van der Waals surface area contributed by atoms with Crippen molar-refractivity contribution in [2.75, 3.05) is 6.54 Å². The summed E-state index contributed by atoms with van der Waals surface area (Å²) in [5.74, 6) is 0.846. The summed E-state index contributed by atoms with van der Waals surface area (Å²) < 4.78 is 0. The quantitative estimate of drug-likeness (QED) is 0.599. The van der Waals surface area contributed by atoms with E-state index in [0.717, 1.165) is 12.5 Å². The van der Waals surface area contributed by atoms with Gasteiger partial charge in [-0.15, -0.1) is 6.54 Å². The van der Waals surface area contributed by atoms with Crippen molar-refractivity contribution in [2.45, 2.75) is 51.0 Å². The summed E-state index contributed by atoms with van der Waals surface area (Å²) in [5, 5.41) is 4.72. The molecule has 1 saturated heterocycles. The van der Waals surface area contributed by atoms with Crippen molar-refractivity contribution in [3.05, 3.63) is 11.7 Å². The Labute approximate surface area is 103 Å². The first-order chi connectivity index (χ1) is 6.97. The van der Waals surface area contributed by atoms with Gasteiger partial charge in [0.05, 0.1) is 0 Å². The molecule has 0 aromatic rings. The minimum absolute atomic E-state index is 0.707. The van der Waals surface area contributed by atoms with Gasteiger partial charge in [0.1, 0.15) is 0 Å². The molecule has 0 aromatic carbocycles. The van der Waals surface area contributed by atoms with Crippen molar-refractivity contribution in [2.24, 2.45) is 5.92 Å². The maximum absolute atomic E-state index is 4.72. The number of nitrogens with zero attached hydrogens (tertiary/aromatic N) is 1. The Morgan fingerprint density at radius 3 is 2.43 bits per heavy atom. The zero-order valence-corrected chi connectivity index (χ0v) is 11.7. The second-order valence-electron chi connectivity index (χ2n) is 4.15. The van der Waals surface area contributed by atoms with Crippen LogP contribution >= 0.6 is 9.58 Å². The number of hydrogen-bond acceptors (Lipinski definition) is 0. The SMILES string of the molecule is [CH-]1CCCCC1C1CCCC[N-]1.[Cl][Ir+2]. The molecule has 84 valence electrons. The van der Waals surface area contributed by atoms with E-state index in [1.165, 1.54) is 62.8 Å². The third kappa shape index (κ3) is 4.18. The molecule has 3 heteroatoms. The van der Waals surface area contributed by atoms with Crippen LogP contribution in [-0.2, 0) is 17.9 Å². The topological polar surface area (TPSA) is 14.1 Å². The van der Waals surface area contributed by atoms with E-state index in [0.29, 0.717) is 6.04 Å². The van der Waals surface area contributed by atoms with Gasteiger partial charge in [-0.3, -0.25) is 0 Å². The zero-order valence-electron chi connectivity index (χ0n) is 8.55. The Balaban J connectivity index is 0.000000461. The van der Waals surface area contributed by atoms with Gasteiger partial charge in [-0.05, 0) is 0 Å². The molecule has 2 fully saturated rings. The fraction of sp³-hybridized carbons (Fsp3) is 0.909. The summed E-state index contributed by atoms with van der Waals surface area (Å²) in [5.41, 5.74) is 0. The van der Waals surface area contributed by atoms with E-state index in [1.54, 1.807) is 0 Å². The van der Waals surface area contributed by atoms with E-state index in [9.17, 15) is 0 Å². The van der Waals surface area contributed by atoms with Gasteiger partial charge in [0, 0.05) is 0 Å². The molecule has 0 aromatic heterocycles. The summed E-state index contributed by atoms with van der Waals surface area (Å²) in [6.45, 7) is 1.13. The Morgan fingerprint density at radius 2 is 1.86 bits per heavy atom. The number of rotatable bonds is 1. The fourth-order valence-corrected chi connectivity index (χ4v) is 2.49. The van der Waals surface area contributed by atoms with Gasteiger partial charge < -0.3 is 11.7 Å². The Bertz CT molecular complexity index is 115. The van der Waals surface area contributed by atoms with Gasteiger partial charge in [-0.2, -0.15) is 18.4 Å². The third-order valence-electron chi connectivity index (χ3n) is 3.23. The van der Waals surface area contributed by atoms with Gasteiger partial charge in [0.2, 0.25) is 0 Å². The average Bonchev–Trinajstić information content (AvgIpc) is 2.34. The van der Waals surface area contributed by atoms with E-state index in [2.05, 4.69) is 16.0 Å². The first-order valence-corrected chi connectivity index (χ1v) is 8.56. The van der Waals surface area contributed by atoms with Crippen LogP contribution in [0, 0.1) is 12.3 Å². The molecule has 0 bridgehead atoms. The molecular weight excluding hydrogens is 374 g/mol. The average molecular weight is 393 g/mol. The summed E-state index contributed by atoms with van der Waals surface area (Å²) >= 11 is 1.47. The number of piperidine rings is 1. The molecule has 0 spiro atoms. The molecule has 0 N–H and O–H groups in total. The van der Waals surface area contributed by atoms with E-state index in [1.807, 2.05) is 0 Å². The molecular formula is C11H19ClIrN. The molecule has 1 heterocycles. The van der Waals surface area contributed by atoms with Crippen LogP contribution in [0.15, 0.2) is 0 Å². The minimum atomic E-state index is 0.707. The van der Waals surface area contributed by atoms with Crippen LogP contribution in [0.5, 0.6) is 0 Å². The van der Waals surface area contributed by atoms with E-state index >= 15 is 0 Å². The summed E-state index contributed by atoms with van der Waals surface area (Å²) in [6.07, 6.45) is 12.3. The Kier molecular flexibility index (Phi) is 7.50. The number of halogens is 1. The van der Waals surface area contributed by atoms with E-state index in [-0.39, 0.29) is 0 Å². The molecule has 1 nitrogen and oxygen atoms in total. The Morgan fingerprint density at radius 1 is 1.07 bits per heavy atom. The molecule has 2 rings (SSSR count). The second-order valence-corrected chi connectivity index (χ2v) is 4.15. The molecule has 2 aliphatic rings. The summed E-state index contributed by atoms with van der Waals surface area (Å²) in [4.78, 5) is 0. The number of hydrogen-bond donors (Lipinski definition) is 0. The van der Waals surface area contributed by atoms with Crippen molar-refractivity contribution in [1.29, 1.82) is 0 Å². The molecule has 1 aliphatic heterocycles. The van der Waals surface area contributed by atoms with Gasteiger partial charge >= 0.3 is 27.5 Å². The molecule has 2 atom stereocenters. The second kappa shape index (κ2) is 8.10. The molecule has 0 amide bonds. The zero-order chi connectivity index (χ0) is 10.2. The normalized spacial score (nSPS) is 33.0. The van der Waals surface area contributed by atoms with Crippen molar-refractivity contribution in [1.82, 2.24) is 0 Å². The maximum atomic E-state index is 4.72. The van der Waals surface area contributed by atoms with Crippen LogP contribution in [0.2, 0.25) is 0 Å². The predicted molar refractivity (Wildman–Crippen MR) is 58.0 cm³/mol. The van der Waals surface area contributed by atoms with Crippen molar-refractivity contribution >= 4 is 9.58 Å². The van der Waals surface area contributed by atoms with Gasteiger partial charge in [0.15, 0.2) is 0 Å². The van der Waals surface area contributed by atoms with Gasteiger partial charge in [-0.25, -0.2) is 0 Å². The molecule has 1 saturated carbocycles. The first kappa shape index (κ1) is 13.0. The van der Waals surface area contributed by atoms with E-state index < -0.39 is 0 Å². The standard InChI is InChI=1S/C11H19N.ClH.Ir/c1-2-6-10(7-3-1)11-8-4-5-9-12-11;;/h6,10-11H,1-5,7-9H2;1H;/q-2;;+3/p-1. The van der Waals surface area contributed by atoms with Crippen LogP contribution in [-0.4, -0.2) is 12.6 Å². The van der Waals surface area contributed by atoms with Crippen LogP contribution in [0.4, 0.5) is 0 Å². The van der Waals surface area contributed by atoms with Gasteiger partial charge in [-0.1, -0.05) is 38.5 Å². The van der Waals surface area contributed by atoms with Crippen LogP contribution < -0.4 is 0 Å². The van der Waals surface area contributed by atoms with Crippen molar-refractivity contribution in [3.8, 4) is 0 Å². The van der Waals surface area contributed by atoms with Crippen molar-refractivity contribution in [3.63, 3.8) is 0 Å². The molecule has 1 aliphatic carbocycles. The predicted octanol–water partition coefficient (Wildman–Crippen LogP) is 3.99. The molecule has 2 unspecified atom stereocenters. The summed E-state index contributed by atoms with van der Waals surface area (Å²) in [7, 11) is 4.64. The monoisotopic (exact) mass is 393 g/mol. The summed E-state index contributed by atoms with van der Waals surface area (Å²) in [6, 6.07) is 0.707. The third-order valence-corrected chi connectivity index (χ3v) is 3.23.